The largest absolute Gasteiger partial charge is 0.490 e. The van der Waals surface area contributed by atoms with Gasteiger partial charge in [-0.2, -0.15) is 0 Å². The molecule has 0 unspecified atom stereocenters. The Balaban J connectivity index is 3.43. The predicted octanol–water partition coefficient (Wildman–Crippen LogP) is 2.57. The molecule has 0 heterocycles. The standard InChI is InChI=1S/C9H8BrNO4/c1-5(12)6-3-7(10)9(11(13)14)8(4-6)15-2/h3-4H,1-2H3. The van der Waals surface area contributed by atoms with Crippen molar-refractivity contribution in [1.82, 2.24) is 0 Å². The highest BCUT2D eigenvalue weighted by molar-refractivity contribution is 9.10. The second-order valence-electron chi connectivity index (χ2n) is 2.82. The summed E-state index contributed by atoms with van der Waals surface area (Å²) in [4.78, 5) is 21.2. The van der Waals surface area contributed by atoms with E-state index in [9.17, 15) is 14.9 Å². The maximum absolute atomic E-state index is 11.1. The van der Waals surface area contributed by atoms with Gasteiger partial charge in [0.05, 0.1) is 16.5 Å². The van der Waals surface area contributed by atoms with Crippen LogP contribution < -0.4 is 4.74 Å². The number of carbonyl (C=O) groups excluding carboxylic acids is 1. The van der Waals surface area contributed by atoms with Gasteiger partial charge in [-0.05, 0) is 35.0 Å². The van der Waals surface area contributed by atoms with Crippen LogP contribution in [0.4, 0.5) is 5.69 Å². The van der Waals surface area contributed by atoms with Gasteiger partial charge in [0.2, 0.25) is 0 Å². The van der Waals surface area contributed by atoms with Crippen LogP contribution >= 0.6 is 15.9 Å². The zero-order valence-corrected chi connectivity index (χ0v) is 9.70. The molecule has 1 aromatic carbocycles. The molecule has 0 N–H and O–H groups in total. The molecule has 0 bridgehead atoms. The van der Waals surface area contributed by atoms with Gasteiger partial charge in [0.25, 0.3) is 0 Å². The molecule has 1 rings (SSSR count). The highest BCUT2D eigenvalue weighted by Gasteiger charge is 2.21. The Kier molecular flexibility index (Phi) is 3.41. The first-order valence-corrected chi connectivity index (χ1v) is 4.79. The van der Waals surface area contributed by atoms with E-state index in [1.807, 2.05) is 0 Å². The molecule has 0 fully saturated rings. The van der Waals surface area contributed by atoms with Gasteiger partial charge in [-0.15, -0.1) is 0 Å². The van der Waals surface area contributed by atoms with E-state index in [1.54, 1.807) is 0 Å². The lowest BCUT2D eigenvalue weighted by Crippen LogP contribution is -1.99. The van der Waals surface area contributed by atoms with Crippen LogP contribution in [0, 0.1) is 10.1 Å². The molecule has 0 atom stereocenters. The minimum Gasteiger partial charge on any atom is -0.490 e. The zero-order chi connectivity index (χ0) is 11.6. The number of nitro benzene ring substituents is 1. The molecule has 0 spiro atoms. The highest BCUT2D eigenvalue weighted by Crippen LogP contribution is 2.35. The number of ketones is 1. The Morgan fingerprint density at radius 2 is 2.13 bits per heavy atom. The number of ether oxygens (including phenoxy) is 1. The van der Waals surface area contributed by atoms with Crippen LogP contribution in [0.1, 0.15) is 17.3 Å². The van der Waals surface area contributed by atoms with E-state index >= 15 is 0 Å². The molecule has 0 aliphatic heterocycles. The summed E-state index contributed by atoms with van der Waals surface area (Å²) < 4.78 is 5.09. The molecule has 0 amide bonds. The van der Waals surface area contributed by atoms with Crippen LogP contribution in [-0.4, -0.2) is 17.8 Å². The van der Waals surface area contributed by atoms with Gasteiger partial charge < -0.3 is 4.74 Å². The van der Waals surface area contributed by atoms with Crippen LogP contribution in [0.25, 0.3) is 0 Å². The second-order valence-corrected chi connectivity index (χ2v) is 3.68. The van der Waals surface area contributed by atoms with Gasteiger partial charge in [-0.25, -0.2) is 0 Å². The van der Waals surface area contributed by atoms with Crippen molar-refractivity contribution in [3.8, 4) is 5.75 Å². The fraction of sp³-hybridized carbons (Fsp3) is 0.222. The molecule has 5 nitrogen and oxygen atoms in total. The first-order chi connectivity index (χ1) is 6.97. The van der Waals surface area contributed by atoms with Crippen LogP contribution in [0.15, 0.2) is 16.6 Å². The number of nitrogens with zero attached hydrogens (tertiary/aromatic N) is 1. The predicted molar refractivity (Wildman–Crippen MR) is 57.4 cm³/mol. The molecular formula is C9H8BrNO4. The number of benzene rings is 1. The molecule has 0 saturated heterocycles. The average Bonchev–Trinajstić information content (AvgIpc) is 2.15. The molecule has 15 heavy (non-hydrogen) atoms. The Morgan fingerprint density at radius 3 is 2.53 bits per heavy atom. The summed E-state index contributed by atoms with van der Waals surface area (Å²) in [7, 11) is 1.32. The zero-order valence-electron chi connectivity index (χ0n) is 8.11. The van der Waals surface area contributed by atoms with Crippen molar-refractivity contribution in [2.75, 3.05) is 7.11 Å². The molecule has 0 aromatic heterocycles. The third kappa shape index (κ3) is 2.33. The Bertz CT molecular complexity index is 430. The Morgan fingerprint density at radius 1 is 1.53 bits per heavy atom. The summed E-state index contributed by atoms with van der Waals surface area (Å²) in [6, 6.07) is 2.76. The SMILES string of the molecule is COc1cc(C(C)=O)cc(Br)c1[N+](=O)[O-]. The monoisotopic (exact) mass is 273 g/mol. The van der Waals surface area contributed by atoms with Gasteiger partial charge >= 0.3 is 5.69 Å². The minimum absolute atomic E-state index is 0.0691. The normalized spacial score (nSPS) is 9.80. The fourth-order valence-corrected chi connectivity index (χ4v) is 1.70. The minimum atomic E-state index is -0.563. The van der Waals surface area contributed by atoms with E-state index in [1.165, 1.54) is 26.2 Å². The highest BCUT2D eigenvalue weighted by atomic mass is 79.9. The smallest absolute Gasteiger partial charge is 0.324 e. The first kappa shape index (κ1) is 11.6. The number of carbonyl (C=O) groups is 1. The van der Waals surface area contributed by atoms with E-state index in [2.05, 4.69) is 15.9 Å². The molecule has 0 radical (unpaired) electrons. The van der Waals surface area contributed by atoms with Crippen molar-refractivity contribution in [1.29, 1.82) is 0 Å². The fourth-order valence-electron chi connectivity index (χ4n) is 1.11. The van der Waals surface area contributed by atoms with Gasteiger partial charge in [0.15, 0.2) is 11.5 Å². The van der Waals surface area contributed by atoms with Crippen molar-refractivity contribution in [2.45, 2.75) is 6.92 Å². The molecule has 6 heteroatoms. The number of halogens is 1. The molecular weight excluding hydrogens is 266 g/mol. The number of Topliss-reactive ketones (excluding diaryl/α,β-unsaturated/α-hetero) is 1. The van der Waals surface area contributed by atoms with Gasteiger partial charge in [-0.3, -0.25) is 14.9 Å². The molecule has 0 saturated carbocycles. The topological polar surface area (TPSA) is 69.4 Å². The lowest BCUT2D eigenvalue weighted by atomic mass is 10.1. The van der Waals surface area contributed by atoms with E-state index in [0.29, 0.717) is 5.56 Å². The number of hydrogen-bond acceptors (Lipinski definition) is 4. The van der Waals surface area contributed by atoms with Gasteiger partial charge in [-0.1, -0.05) is 0 Å². The van der Waals surface area contributed by atoms with Crippen molar-refractivity contribution < 1.29 is 14.5 Å². The lowest BCUT2D eigenvalue weighted by Gasteiger charge is -2.05. The summed E-state index contributed by atoms with van der Waals surface area (Å²) in [5.74, 6) is -0.108. The quantitative estimate of drug-likeness (QED) is 0.482. The lowest BCUT2D eigenvalue weighted by molar-refractivity contribution is -0.386. The summed E-state index contributed by atoms with van der Waals surface area (Å²) in [5, 5.41) is 10.7. The van der Waals surface area contributed by atoms with Crippen molar-refractivity contribution >= 4 is 27.4 Å². The summed E-state index contributed by atoms with van der Waals surface area (Å²) in [6.45, 7) is 1.38. The number of hydrogen-bond donors (Lipinski definition) is 0. The maximum Gasteiger partial charge on any atom is 0.324 e. The third-order valence-electron chi connectivity index (χ3n) is 1.84. The van der Waals surface area contributed by atoms with Crippen LogP contribution in [0.5, 0.6) is 5.75 Å². The summed E-state index contributed by atoms with van der Waals surface area (Å²) in [6.07, 6.45) is 0. The van der Waals surface area contributed by atoms with Gasteiger partial charge in [0, 0.05) is 5.56 Å². The molecule has 80 valence electrons. The average molecular weight is 274 g/mol. The molecule has 0 aliphatic rings. The second kappa shape index (κ2) is 4.39. The van der Waals surface area contributed by atoms with Crippen LogP contribution in [0.2, 0.25) is 0 Å². The number of nitro groups is 1. The van der Waals surface area contributed by atoms with Crippen LogP contribution in [-0.2, 0) is 0 Å². The summed E-state index contributed by atoms with van der Waals surface area (Å²) in [5.41, 5.74) is 0.187. The number of rotatable bonds is 3. The first-order valence-electron chi connectivity index (χ1n) is 4.00. The Labute approximate surface area is 94.3 Å². The van der Waals surface area contributed by atoms with Gasteiger partial charge in [0.1, 0.15) is 0 Å². The Hall–Kier alpha value is -1.43. The van der Waals surface area contributed by atoms with Crippen molar-refractivity contribution in [3.05, 3.63) is 32.3 Å². The maximum atomic E-state index is 11.1. The third-order valence-corrected chi connectivity index (χ3v) is 2.44. The van der Waals surface area contributed by atoms with E-state index in [0.717, 1.165) is 0 Å². The van der Waals surface area contributed by atoms with E-state index in [4.69, 9.17) is 4.74 Å². The van der Waals surface area contributed by atoms with Crippen molar-refractivity contribution in [3.63, 3.8) is 0 Å². The molecule has 0 aliphatic carbocycles. The molecule has 1 aromatic rings. The van der Waals surface area contributed by atoms with Crippen molar-refractivity contribution in [2.24, 2.45) is 0 Å². The number of methoxy groups -OCH3 is 1. The van der Waals surface area contributed by atoms with E-state index in [-0.39, 0.29) is 21.7 Å². The van der Waals surface area contributed by atoms with E-state index < -0.39 is 4.92 Å². The summed E-state index contributed by atoms with van der Waals surface area (Å²) >= 11 is 3.03. The van der Waals surface area contributed by atoms with Crippen LogP contribution in [0.3, 0.4) is 0 Å².